The van der Waals surface area contributed by atoms with Gasteiger partial charge in [0.1, 0.15) is 12.6 Å². The number of nitrogens with zero attached hydrogens (tertiary/aromatic N) is 2. The molecule has 0 bridgehead atoms. The fourth-order valence-corrected chi connectivity index (χ4v) is 4.43. The number of carbonyl (C=O) groups is 1. The number of rotatable bonds is 5. The highest BCUT2D eigenvalue weighted by atomic mass is 16.7. The third-order valence-electron chi connectivity index (χ3n) is 6.33. The first kappa shape index (κ1) is 21.4. The first-order chi connectivity index (χ1) is 13.5. The number of hydrogen-bond acceptors (Lipinski definition) is 4. The zero-order valence-electron chi connectivity index (χ0n) is 17.8. The molecule has 2 saturated carbocycles. The van der Waals surface area contributed by atoms with Crippen molar-refractivity contribution in [2.45, 2.75) is 82.6 Å². The Labute approximate surface area is 169 Å². The van der Waals surface area contributed by atoms with Gasteiger partial charge in [0.2, 0.25) is 5.91 Å². The minimum atomic E-state index is -0.353. The van der Waals surface area contributed by atoms with Gasteiger partial charge in [0.15, 0.2) is 11.7 Å². The van der Waals surface area contributed by atoms with Crippen LogP contribution in [-0.2, 0) is 14.3 Å². The Morgan fingerprint density at radius 3 is 2.61 bits per heavy atom. The molecule has 0 aromatic rings. The highest BCUT2D eigenvalue weighted by Crippen LogP contribution is 2.37. The number of likely N-dealkylation sites (N-methyl/N-ethyl adjacent to an activating group) is 1. The minimum absolute atomic E-state index is 0.000555. The van der Waals surface area contributed by atoms with Crippen LogP contribution >= 0.6 is 0 Å². The van der Waals surface area contributed by atoms with Crippen molar-refractivity contribution in [1.82, 2.24) is 15.5 Å². The summed E-state index contributed by atoms with van der Waals surface area (Å²) in [5.41, 5.74) is 0. The summed E-state index contributed by atoms with van der Waals surface area (Å²) in [5.74, 6) is 0.970. The SMILES string of the molecule is CC1CCCCC1NC(=NCC(=O)N(C)C)NCC1COC2(CCCCC2)O1. The Morgan fingerprint density at radius 1 is 1.14 bits per heavy atom. The zero-order chi connectivity index (χ0) is 20.0. The summed E-state index contributed by atoms with van der Waals surface area (Å²) < 4.78 is 12.3. The predicted octanol–water partition coefficient (Wildman–Crippen LogP) is 2.26. The second-order valence-corrected chi connectivity index (χ2v) is 8.87. The highest BCUT2D eigenvalue weighted by molar-refractivity contribution is 5.85. The fourth-order valence-electron chi connectivity index (χ4n) is 4.43. The van der Waals surface area contributed by atoms with Crippen LogP contribution in [0.25, 0.3) is 0 Å². The average molecular weight is 395 g/mol. The Kier molecular flexibility index (Phi) is 7.57. The van der Waals surface area contributed by atoms with Gasteiger partial charge in [0.25, 0.3) is 0 Å². The molecule has 1 saturated heterocycles. The summed E-state index contributed by atoms with van der Waals surface area (Å²) in [4.78, 5) is 18.1. The summed E-state index contributed by atoms with van der Waals surface area (Å²) in [6.07, 6.45) is 10.6. The largest absolute Gasteiger partial charge is 0.354 e. The summed E-state index contributed by atoms with van der Waals surface area (Å²) in [6, 6.07) is 0.403. The Morgan fingerprint density at radius 2 is 1.89 bits per heavy atom. The van der Waals surface area contributed by atoms with Crippen LogP contribution in [0.3, 0.4) is 0 Å². The lowest BCUT2D eigenvalue weighted by molar-refractivity contribution is -0.186. The molecule has 1 spiro atoms. The van der Waals surface area contributed by atoms with E-state index in [4.69, 9.17) is 9.47 Å². The number of carbonyl (C=O) groups excluding carboxylic acids is 1. The zero-order valence-corrected chi connectivity index (χ0v) is 17.8. The van der Waals surface area contributed by atoms with Crippen molar-refractivity contribution in [3.8, 4) is 0 Å². The van der Waals surface area contributed by atoms with E-state index in [9.17, 15) is 4.79 Å². The number of amides is 1. The number of nitrogens with one attached hydrogen (secondary N) is 2. The third kappa shape index (κ3) is 5.83. The number of guanidine groups is 1. The van der Waals surface area contributed by atoms with Crippen LogP contribution in [0.4, 0.5) is 0 Å². The number of hydrogen-bond donors (Lipinski definition) is 2. The lowest BCUT2D eigenvalue weighted by Gasteiger charge is -2.32. The van der Waals surface area contributed by atoms with Gasteiger partial charge in [-0.25, -0.2) is 4.99 Å². The van der Waals surface area contributed by atoms with E-state index in [1.807, 2.05) is 0 Å². The first-order valence-corrected chi connectivity index (χ1v) is 11.0. The van der Waals surface area contributed by atoms with Gasteiger partial charge >= 0.3 is 0 Å². The van der Waals surface area contributed by atoms with E-state index in [-0.39, 0.29) is 24.3 Å². The quantitative estimate of drug-likeness (QED) is 0.553. The standard InChI is InChI=1S/C21H38N4O3/c1-16-9-5-6-10-18(16)24-20(23-14-19(26)25(2)3)22-13-17-15-27-21(28-17)11-7-4-8-12-21/h16-18H,4-15H2,1-3H3,(H2,22,23,24). The molecule has 7 nitrogen and oxygen atoms in total. The second kappa shape index (κ2) is 9.92. The maximum Gasteiger partial charge on any atom is 0.243 e. The van der Waals surface area contributed by atoms with Crippen molar-refractivity contribution < 1.29 is 14.3 Å². The van der Waals surface area contributed by atoms with Gasteiger partial charge < -0.3 is 25.0 Å². The molecule has 0 aromatic heterocycles. The van der Waals surface area contributed by atoms with Gasteiger partial charge in [0, 0.05) is 39.5 Å². The average Bonchev–Trinajstić information content (AvgIpc) is 3.07. The van der Waals surface area contributed by atoms with Gasteiger partial charge in [-0.05, 0) is 31.6 Å². The van der Waals surface area contributed by atoms with E-state index in [0.29, 0.717) is 31.1 Å². The van der Waals surface area contributed by atoms with Gasteiger partial charge in [-0.2, -0.15) is 0 Å². The van der Waals surface area contributed by atoms with E-state index < -0.39 is 0 Å². The molecular formula is C21H38N4O3. The number of aliphatic imine (C=N–C) groups is 1. The minimum Gasteiger partial charge on any atom is -0.354 e. The molecule has 3 atom stereocenters. The number of ether oxygens (including phenoxy) is 2. The summed E-state index contributed by atoms with van der Waals surface area (Å²) in [5, 5.41) is 6.98. The van der Waals surface area contributed by atoms with Crippen molar-refractivity contribution in [2.75, 3.05) is 33.8 Å². The first-order valence-electron chi connectivity index (χ1n) is 11.0. The summed E-state index contributed by atoms with van der Waals surface area (Å²) in [7, 11) is 3.52. The van der Waals surface area contributed by atoms with Crippen LogP contribution in [-0.4, -0.2) is 68.5 Å². The van der Waals surface area contributed by atoms with E-state index in [1.54, 1.807) is 19.0 Å². The molecule has 3 fully saturated rings. The Hall–Kier alpha value is -1.34. The van der Waals surface area contributed by atoms with E-state index in [1.165, 1.54) is 38.5 Å². The van der Waals surface area contributed by atoms with Gasteiger partial charge in [0.05, 0.1) is 6.61 Å². The third-order valence-corrected chi connectivity index (χ3v) is 6.33. The molecule has 0 aromatic carbocycles. The van der Waals surface area contributed by atoms with Crippen LogP contribution in [0, 0.1) is 5.92 Å². The van der Waals surface area contributed by atoms with E-state index >= 15 is 0 Å². The molecule has 7 heteroatoms. The van der Waals surface area contributed by atoms with Crippen molar-refractivity contribution in [2.24, 2.45) is 10.9 Å². The maximum absolute atomic E-state index is 12.0. The van der Waals surface area contributed by atoms with Crippen molar-refractivity contribution >= 4 is 11.9 Å². The molecule has 1 heterocycles. The molecule has 3 unspecified atom stereocenters. The summed E-state index contributed by atoms with van der Waals surface area (Å²) >= 11 is 0. The smallest absolute Gasteiger partial charge is 0.243 e. The van der Waals surface area contributed by atoms with Crippen molar-refractivity contribution in [1.29, 1.82) is 0 Å². The van der Waals surface area contributed by atoms with Crippen LogP contribution in [0.5, 0.6) is 0 Å². The van der Waals surface area contributed by atoms with Crippen molar-refractivity contribution in [3.05, 3.63) is 0 Å². The molecule has 3 rings (SSSR count). The molecule has 3 aliphatic rings. The summed E-state index contributed by atoms with van der Waals surface area (Å²) in [6.45, 7) is 3.71. The normalized spacial score (nSPS) is 30.2. The van der Waals surface area contributed by atoms with Crippen LogP contribution in [0.1, 0.15) is 64.7 Å². The molecule has 2 N–H and O–H groups in total. The fraction of sp³-hybridized carbons (Fsp3) is 0.905. The van der Waals surface area contributed by atoms with Gasteiger partial charge in [-0.3, -0.25) is 4.79 Å². The highest BCUT2D eigenvalue weighted by Gasteiger charge is 2.42. The molecule has 160 valence electrons. The molecular weight excluding hydrogens is 356 g/mol. The van der Waals surface area contributed by atoms with Gasteiger partial charge in [-0.1, -0.05) is 26.2 Å². The van der Waals surface area contributed by atoms with Crippen LogP contribution in [0.2, 0.25) is 0 Å². The predicted molar refractivity (Wildman–Crippen MR) is 110 cm³/mol. The van der Waals surface area contributed by atoms with Crippen LogP contribution in [0.15, 0.2) is 4.99 Å². The Balaban J connectivity index is 1.55. The molecule has 1 amide bonds. The second-order valence-electron chi connectivity index (χ2n) is 8.87. The molecule has 1 aliphatic heterocycles. The van der Waals surface area contributed by atoms with E-state index in [0.717, 1.165) is 19.3 Å². The lowest BCUT2D eigenvalue weighted by Crippen LogP contribution is -2.49. The lowest BCUT2D eigenvalue weighted by atomic mass is 9.86. The molecule has 2 aliphatic carbocycles. The Bertz CT molecular complexity index is 546. The molecule has 0 radical (unpaired) electrons. The molecule has 28 heavy (non-hydrogen) atoms. The van der Waals surface area contributed by atoms with Gasteiger partial charge in [-0.15, -0.1) is 0 Å². The van der Waals surface area contributed by atoms with Crippen molar-refractivity contribution in [3.63, 3.8) is 0 Å². The maximum atomic E-state index is 12.0. The topological polar surface area (TPSA) is 75.2 Å². The monoisotopic (exact) mass is 394 g/mol. The van der Waals surface area contributed by atoms with Crippen LogP contribution < -0.4 is 10.6 Å². The van der Waals surface area contributed by atoms with E-state index in [2.05, 4.69) is 22.5 Å².